The van der Waals surface area contributed by atoms with Gasteiger partial charge >= 0.3 is 0 Å². The van der Waals surface area contributed by atoms with Crippen LogP contribution in [0.5, 0.6) is 11.5 Å². The quantitative estimate of drug-likeness (QED) is 0.344. The van der Waals surface area contributed by atoms with E-state index in [-0.39, 0.29) is 0 Å². The summed E-state index contributed by atoms with van der Waals surface area (Å²) in [6, 6.07) is 5.37. The van der Waals surface area contributed by atoms with Gasteiger partial charge < -0.3 is 9.47 Å². The Kier molecular flexibility index (Phi) is 6.46. The van der Waals surface area contributed by atoms with Crippen molar-refractivity contribution < 1.29 is 19.5 Å². The molecule has 0 bridgehead atoms. The Morgan fingerprint density at radius 3 is 2.84 bits per heavy atom. The number of nitrogens with one attached hydrogen (secondary N) is 1. The molecular formula is C14H19NO4. The molecule has 5 nitrogen and oxygen atoms in total. The second-order valence-corrected chi connectivity index (χ2v) is 3.92. The third kappa shape index (κ3) is 5.01. The standard InChI is InChI=1S/C14H19NO4/c1-3-4-9-19-12-7-5-11(10-13(12)18-2)6-8-14(16)15-17/h5-8,10,17H,3-4,9H2,1-2H3,(H,15,16). The van der Waals surface area contributed by atoms with Gasteiger partial charge in [-0.2, -0.15) is 0 Å². The number of unbranched alkanes of at least 4 members (excludes halogenated alkanes) is 1. The minimum absolute atomic E-state index is 0.581. The first-order valence-corrected chi connectivity index (χ1v) is 6.14. The van der Waals surface area contributed by atoms with Crippen LogP contribution >= 0.6 is 0 Å². The highest BCUT2D eigenvalue weighted by atomic mass is 16.5. The lowest BCUT2D eigenvalue weighted by Gasteiger charge is -2.10. The van der Waals surface area contributed by atoms with Crippen molar-refractivity contribution in [3.8, 4) is 11.5 Å². The second-order valence-electron chi connectivity index (χ2n) is 3.92. The largest absolute Gasteiger partial charge is 0.493 e. The molecule has 1 aromatic carbocycles. The van der Waals surface area contributed by atoms with Crippen molar-refractivity contribution in [2.45, 2.75) is 19.8 Å². The van der Waals surface area contributed by atoms with E-state index in [1.165, 1.54) is 11.6 Å². The van der Waals surface area contributed by atoms with E-state index in [4.69, 9.17) is 14.7 Å². The van der Waals surface area contributed by atoms with Gasteiger partial charge in [-0.15, -0.1) is 0 Å². The van der Waals surface area contributed by atoms with E-state index in [2.05, 4.69) is 6.92 Å². The van der Waals surface area contributed by atoms with Gasteiger partial charge in [0.2, 0.25) is 0 Å². The lowest BCUT2D eigenvalue weighted by Crippen LogP contribution is -2.14. The van der Waals surface area contributed by atoms with Crippen molar-refractivity contribution in [2.75, 3.05) is 13.7 Å². The fourth-order valence-corrected chi connectivity index (χ4v) is 1.44. The van der Waals surface area contributed by atoms with Crippen LogP contribution in [0.4, 0.5) is 0 Å². The number of methoxy groups -OCH3 is 1. The normalized spacial score (nSPS) is 10.5. The van der Waals surface area contributed by atoms with E-state index >= 15 is 0 Å². The molecule has 0 aliphatic heterocycles. The zero-order valence-electron chi connectivity index (χ0n) is 11.2. The van der Waals surface area contributed by atoms with Crippen molar-refractivity contribution in [1.82, 2.24) is 5.48 Å². The third-order valence-corrected chi connectivity index (χ3v) is 2.48. The number of hydroxylamine groups is 1. The second kappa shape index (κ2) is 8.16. The van der Waals surface area contributed by atoms with Crippen LogP contribution in [0, 0.1) is 0 Å². The first-order valence-electron chi connectivity index (χ1n) is 6.14. The van der Waals surface area contributed by atoms with Crippen LogP contribution in [-0.4, -0.2) is 24.8 Å². The van der Waals surface area contributed by atoms with Crippen molar-refractivity contribution in [1.29, 1.82) is 0 Å². The third-order valence-electron chi connectivity index (χ3n) is 2.48. The number of rotatable bonds is 7. The summed E-state index contributed by atoms with van der Waals surface area (Å²) in [7, 11) is 1.57. The molecule has 0 unspecified atom stereocenters. The van der Waals surface area contributed by atoms with E-state index in [1.54, 1.807) is 25.3 Å². The average Bonchev–Trinajstić information content (AvgIpc) is 2.45. The predicted octanol–water partition coefficient (Wildman–Crippen LogP) is 2.39. The molecule has 19 heavy (non-hydrogen) atoms. The first kappa shape index (κ1) is 15.0. The van der Waals surface area contributed by atoms with Gasteiger partial charge in [-0.3, -0.25) is 10.0 Å². The number of ether oxygens (including phenoxy) is 2. The molecule has 2 N–H and O–H groups in total. The maximum atomic E-state index is 10.9. The molecule has 0 aliphatic carbocycles. The molecule has 0 radical (unpaired) electrons. The van der Waals surface area contributed by atoms with Gasteiger partial charge in [0.15, 0.2) is 11.5 Å². The summed E-state index contributed by atoms with van der Waals surface area (Å²) in [5.41, 5.74) is 2.31. The average molecular weight is 265 g/mol. The molecule has 0 aliphatic rings. The number of hydrogen-bond donors (Lipinski definition) is 2. The Morgan fingerprint density at radius 2 is 2.21 bits per heavy atom. The van der Waals surface area contributed by atoms with Crippen LogP contribution in [0.25, 0.3) is 6.08 Å². The zero-order valence-corrected chi connectivity index (χ0v) is 11.2. The Balaban J connectivity index is 2.77. The SMILES string of the molecule is CCCCOc1ccc(C=CC(=O)NO)cc1OC. The Labute approximate surface area is 112 Å². The van der Waals surface area contributed by atoms with Crippen LogP contribution in [0.1, 0.15) is 25.3 Å². The minimum atomic E-state index is -0.581. The highest BCUT2D eigenvalue weighted by Crippen LogP contribution is 2.28. The van der Waals surface area contributed by atoms with Crippen LogP contribution in [-0.2, 0) is 4.79 Å². The van der Waals surface area contributed by atoms with Crippen molar-refractivity contribution in [3.05, 3.63) is 29.8 Å². The zero-order chi connectivity index (χ0) is 14.1. The van der Waals surface area contributed by atoms with E-state index < -0.39 is 5.91 Å². The van der Waals surface area contributed by atoms with Crippen molar-refractivity contribution >= 4 is 12.0 Å². The minimum Gasteiger partial charge on any atom is -0.493 e. The molecule has 0 aromatic heterocycles. The molecule has 1 amide bonds. The molecule has 104 valence electrons. The number of benzene rings is 1. The van der Waals surface area contributed by atoms with Crippen LogP contribution in [0.2, 0.25) is 0 Å². The van der Waals surface area contributed by atoms with Gasteiger partial charge in [0.05, 0.1) is 13.7 Å². The topological polar surface area (TPSA) is 67.8 Å². The Morgan fingerprint density at radius 1 is 1.42 bits per heavy atom. The highest BCUT2D eigenvalue weighted by molar-refractivity contribution is 5.90. The first-order chi connectivity index (χ1) is 9.21. The molecule has 0 heterocycles. The Hall–Kier alpha value is -2.01. The van der Waals surface area contributed by atoms with Gasteiger partial charge in [-0.1, -0.05) is 19.4 Å². The van der Waals surface area contributed by atoms with Gasteiger partial charge in [0, 0.05) is 6.08 Å². The Bertz CT molecular complexity index is 443. The molecule has 0 fully saturated rings. The molecule has 0 saturated heterocycles. The molecule has 5 heteroatoms. The lowest BCUT2D eigenvalue weighted by molar-refractivity contribution is -0.124. The monoisotopic (exact) mass is 265 g/mol. The fourth-order valence-electron chi connectivity index (χ4n) is 1.44. The van der Waals surface area contributed by atoms with Gasteiger partial charge in [0.25, 0.3) is 5.91 Å². The summed E-state index contributed by atoms with van der Waals surface area (Å²) in [6.07, 6.45) is 4.86. The molecule has 1 aromatic rings. The summed E-state index contributed by atoms with van der Waals surface area (Å²) >= 11 is 0. The van der Waals surface area contributed by atoms with E-state index in [0.29, 0.717) is 18.1 Å². The lowest BCUT2D eigenvalue weighted by atomic mass is 10.2. The van der Waals surface area contributed by atoms with E-state index in [1.807, 2.05) is 6.07 Å². The van der Waals surface area contributed by atoms with Crippen molar-refractivity contribution in [3.63, 3.8) is 0 Å². The number of amides is 1. The maximum Gasteiger partial charge on any atom is 0.267 e. The van der Waals surface area contributed by atoms with Crippen LogP contribution in [0.3, 0.4) is 0 Å². The van der Waals surface area contributed by atoms with Gasteiger partial charge in [0.1, 0.15) is 0 Å². The molecule has 0 atom stereocenters. The van der Waals surface area contributed by atoms with E-state index in [9.17, 15) is 4.79 Å². The van der Waals surface area contributed by atoms with E-state index in [0.717, 1.165) is 18.4 Å². The molecular weight excluding hydrogens is 246 g/mol. The number of carbonyl (C=O) groups excluding carboxylic acids is 1. The number of carbonyl (C=O) groups is 1. The summed E-state index contributed by atoms with van der Waals surface area (Å²) in [4.78, 5) is 10.9. The highest BCUT2D eigenvalue weighted by Gasteiger charge is 2.04. The fraction of sp³-hybridized carbons (Fsp3) is 0.357. The maximum absolute atomic E-state index is 10.9. The van der Waals surface area contributed by atoms with Gasteiger partial charge in [-0.25, -0.2) is 5.48 Å². The van der Waals surface area contributed by atoms with Crippen LogP contribution < -0.4 is 15.0 Å². The molecule has 0 saturated carbocycles. The molecule has 0 spiro atoms. The summed E-state index contributed by atoms with van der Waals surface area (Å²) in [5.74, 6) is 0.713. The summed E-state index contributed by atoms with van der Waals surface area (Å²) in [6.45, 7) is 2.75. The van der Waals surface area contributed by atoms with Gasteiger partial charge in [-0.05, 0) is 30.2 Å². The summed E-state index contributed by atoms with van der Waals surface area (Å²) < 4.78 is 10.8. The number of hydrogen-bond acceptors (Lipinski definition) is 4. The van der Waals surface area contributed by atoms with Crippen LogP contribution in [0.15, 0.2) is 24.3 Å². The predicted molar refractivity (Wildman–Crippen MR) is 72.4 cm³/mol. The van der Waals surface area contributed by atoms with Crippen molar-refractivity contribution in [2.24, 2.45) is 0 Å². The summed E-state index contributed by atoms with van der Waals surface area (Å²) in [5, 5.41) is 8.38. The smallest absolute Gasteiger partial charge is 0.267 e. The molecule has 1 rings (SSSR count).